The molecule has 104 valence electrons. The lowest BCUT2D eigenvalue weighted by molar-refractivity contribution is 0.0600. The lowest BCUT2D eigenvalue weighted by Gasteiger charge is -2.10. The van der Waals surface area contributed by atoms with Crippen molar-refractivity contribution in [3.63, 3.8) is 0 Å². The predicted octanol–water partition coefficient (Wildman–Crippen LogP) is 3.20. The maximum Gasteiger partial charge on any atom is 0.339 e. The number of nitrogens with one attached hydrogen (secondary N) is 1. The van der Waals surface area contributed by atoms with Crippen LogP contribution in [0.25, 0.3) is 0 Å². The first-order chi connectivity index (χ1) is 9.74. The van der Waals surface area contributed by atoms with Gasteiger partial charge < -0.3 is 10.1 Å². The van der Waals surface area contributed by atoms with Gasteiger partial charge in [-0.05, 0) is 30.5 Å². The normalized spacial score (nSPS) is 10.1. The molecular weight excluding hydrogens is 272 g/mol. The van der Waals surface area contributed by atoms with Gasteiger partial charge in [-0.3, -0.25) is 4.98 Å². The Bertz CT molecular complexity index is 585. The number of benzene rings is 1. The third-order valence-electron chi connectivity index (χ3n) is 2.81. The predicted molar refractivity (Wildman–Crippen MR) is 81.1 cm³/mol. The van der Waals surface area contributed by atoms with Gasteiger partial charge in [-0.1, -0.05) is 12.1 Å². The summed E-state index contributed by atoms with van der Waals surface area (Å²) >= 11 is 1.70. The largest absolute Gasteiger partial charge is 0.465 e. The average Bonchev–Trinajstić information content (AvgIpc) is 2.53. The van der Waals surface area contributed by atoms with Crippen LogP contribution in [0.2, 0.25) is 0 Å². The number of hydrogen-bond acceptors (Lipinski definition) is 5. The van der Waals surface area contributed by atoms with Crippen molar-refractivity contribution < 1.29 is 9.53 Å². The third kappa shape index (κ3) is 3.51. The smallest absolute Gasteiger partial charge is 0.339 e. The summed E-state index contributed by atoms with van der Waals surface area (Å²) in [4.78, 5) is 16.7. The highest BCUT2D eigenvalue weighted by atomic mass is 32.2. The quantitative estimate of drug-likeness (QED) is 0.676. The van der Waals surface area contributed by atoms with Crippen LogP contribution in [-0.2, 0) is 11.3 Å². The second-order valence-electron chi connectivity index (χ2n) is 4.08. The van der Waals surface area contributed by atoms with Gasteiger partial charge in [-0.15, -0.1) is 11.8 Å². The molecule has 0 saturated heterocycles. The molecular formula is C15H16N2O2S. The van der Waals surface area contributed by atoms with E-state index in [-0.39, 0.29) is 5.97 Å². The number of rotatable bonds is 5. The lowest BCUT2D eigenvalue weighted by atomic mass is 10.2. The molecule has 1 N–H and O–H groups in total. The Labute approximate surface area is 122 Å². The Kier molecular flexibility index (Phi) is 5.01. The second-order valence-corrected chi connectivity index (χ2v) is 4.93. The first kappa shape index (κ1) is 14.4. The minimum Gasteiger partial charge on any atom is -0.465 e. The van der Waals surface area contributed by atoms with Gasteiger partial charge in [0.2, 0.25) is 0 Å². The van der Waals surface area contributed by atoms with Crippen LogP contribution in [0.15, 0.2) is 47.5 Å². The number of carbonyl (C=O) groups excluding carboxylic acids is 1. The molecule has 0 unspecified atom stereocenters. The number of para-hydroxylation sites is 1. The summed E-state index contributed by atoms with van der Waals surface area (Å²) in [6, 6.07) is 11.7. The van der Waals surface area contributed by atoms with E-state index in [1.807, 2.05) is 30.5 Å². The van der Waals surface area contributed by atoms with E-state index in [0.29, 0.717) is 12.1 Å². The van der Waals surface area contributed by atoms with Crippen LogP contribution in [0, 0.1) is 0 Å². The van der Waals surface area contributed by atoms with E-state index < -0.39 is 0 Å². The Morgan fingerprint density at radius 2 is 2.10 bits per heavy atom. The standard InChI is InChI=1S/C15H16N2O2S/c1-19-15(18)11-7-8-12(16-9-11)10-17-13-5-3-4-6-14(13)20-2/h3-9,17H,10H2,1-2H3. The number of carbonyl (C=O) groups is 1. The van der Waals surface area contributed by atoms with Crippen LogP contribution in [0.1, 0.15) is 16.1 Å². The number of nitrogens with zero attached hydrogens (tertiary/aromatic N) is 1. The summed E-state index contributed by atoms with van der Waals surface area (Å²) in [5.41, 5.74) is 2.41. The molecule has 2 aromatic rings. The molecule has 0 fully saturated rings. The van der Waals surface area contributed by atoms with E-state index in [1.54, 1.807) is 17.8 Å². The number of anilines is 1. The van der Waals surface area contributed by atoms with Gasteiger partial charge in [0.25, 0.3) is 0 Å². The fraction of sp³-hybridized carbons (Fsp3) is 0.200. The maximum absolute atomic E-state index is 11.3. The molecule has 0 aliphatic rings. The van der Waals surface area contributed by atoms with Crippen molar-refractivity contribution in [2.45, 2.75) is 11.4 Å². The second kappa shape index (κ2) is 6.96. The Morgan fingerprint density at radius 1 is 1.30 bits per heavy atom. The van der Waals surface area contributed by atoms with Gasteiger partial charge in [0.1, 0.15) is 0 Å². The van der Waals surface area contributed by atoms with E-state index in [9.17, 15) is 4.79 Å². The molecule has 0 amide bonds. The molecule has 0 radical (unpaired) electrons. The maximum atomic E-state index is 11.3. The van der Waals surface area contributed by atoms with Gasteiger partial charge in [-0.2, -0.15) is 0 Å². The summed E-state index contributed by atoms with van der Waals surface area (Å²) < 4.78 is 4.64. The summed E-state index contributed by atoms with van der Waals surface area (Å²) in [5.74, 6) is -0.371. The highest BCUT2D eigenvalue weighted by Gasteiger charge is 2.05. The number of hydrogen-bond donors (Lipinski definition) is 1. The molecule has 1 aromatic heterocycles. The zero-order chi connectivity index (χ0) is 14.4. The Balaban J connectivity index is 2.02. The molecule has 5 heteroatoms. The molecule has 1 heterocycles. The number of ether oxygens (including phenoxy) is 1. The zero-order valence-electron chi connectivity index (χ0n) is 11.4. The summed E-state index contributed by atoms with van der Waals surface area (Å²) in [6.07, 6.45) is 3.58. The highest BCUT2D eigenvalue weighted by Crippen LogP contribution is 2.24. The van der Waals surface area contributed by atoms with E-state index in [4.69, 9.17) is 0 Å². The van der Waals surface area contributed by atoms with E-state index >= 15 is 0 Å². The molecule has 2 rings (SSSR count). The first-order valence-electron chi connectivity index (χ1n) is 6.14. The zero-order valence-corrected chi connectivity index (χ0v) is 12.2. The van der Waals surface area contributed by atoms with Gasteiger partial charge in [0.05, 0.1) is 24.9 Å². The van der Waals surface area contributed by atoms with Gasteiger partial charge >= 0.3 is 5.97 Å². The minimum absolute atomic E-state index is 0.371. The van der Waals surface area contributed by atoms with Crippen LogP contribution < -0.4 is 5.32 Å². The van der Waals surface area contributed by atoms with Gasteiger partial charge in [-0.25, -0.2) is 4.79 Å². The van der Waals surface area contributed by atoms with Crippen LogP contribution in [-0.4, -0.2) is 24.3 Å². The summed E-state index contributed by atoms with van der Waals surface area (Å²) in [7, 11) is 1.36. The van der Waals surface area contributed by atoms with Crippen molar-refractivity contribution in [2.75, 3.05) is 18.7 Å². The molecule has 0 atom stereocenters. The number of aromatic nitrogens is 1. The minimum atomic E-state index is -0.371. The van der Waals surface area contributed by atoms with E-state index in [1.165, 1.54) is 18.2 Å². The Morgan fingerprint density at radius 3 is 2.75 bits per heavy atom. The SMILES string of the molecule is COC(=O)c1ccc(CNc2ccccc2SC)nc1. The van der Waals surface area contributed by atoms with Crippen LogP contribution in [0.3, 0.4) is 0 Å². The van der Waals surface area contributed by atoms with Crippen molar-refractivity contribution in [3.05, 3.63) is 53.9 Å². The van der Waals surface area contributed by atoms with Crippen molar-refractivity contribution in [2.24, 2.45) is 0 Å². The van der Waals surface area contributed by atoms with Crippen molar-refractivity contribution in [1.29, 1.82) is 0 Å². The molecule has 0 aliphatic carbocycles. The first-order valence-corrected chi connectivity index (χ1v) is 7.37. The van der Waals surface area contributed by atoms with Crippen molar-refractivity contribution >= 4 is 23.4 Å². The Hall–Kier alpha value is -2.01. The molecule has 20 heavy (non-hydrogen) atoms. The van der Waals surface area contributed by atoms with Crippen LogP contribution >= 0.6 is 11.8 Å². The number of thioether (sulfide) groups is 1. The van der Waals surface area contributed by atoms with Crippen molar-refractivity contribution in [3.8, 4) is 0 Å². The highest BCUT2D eigenvalue weighted by molar-refractivity contribution is 7.98. The summed E-state index contributed by atoms with van der Waals surface area (Å²) in [5, 5.41) is 3.34. The number of methoxy groups -OCH3 is 1. The van der Waals surface area contributed by atoms with Crippen LogP contribution in [0.4, 0.5) is 5.69 Å². The molecule has 0 bridgehead atoms. The van der Waals surface area contributed by atoms with Gasteiger partial charge in [0.15, 0.2) is 0 Å². The molecule has 4 nitrogen and oxygen atoms in total. The number of esters is 1. The monoisotopic (exact) mass is 288 g/mol. The average molecular weight is 288 g/mol. The number of pyridine rings is 1. The topological polar surface area (TPSA) is 51.2 Å². The fourth-order valence-corrected chi connectivity index (χ4v) is 2.32. The molecule has 0 spiro atoms. The third-order valence-corrected chi connectivity index (χ3v) is 3.61. The molecule has 0 aliphatic heterocycles. The molecule has 0 saturated carbocycles. The lowest BCUT2D eigenvalue weighted by Crippen LogP contribution is -2.05. The van der Waals surface area contributed by atoms with E-state index in [0.717, 1.165) is 11.4 Å². The fourth-order valence-electron chi connectivity index (χ4n) is 1.74. The van der Waals surface area contributed by atoms with Crippen molar-refractivity contribution in [1.82, 2.24) is 4.98 Å². The van der Waals surface area contributed by atoms with Crippen LogP contribution in [0.5, 0.6) is 0 Å². The summed E-state index contributed by atoms with van der Waals surface area (Å²) in [6.45, 7) is 0.610. The van der Waals surface area contributed by atoms with E-state index in [2.05, 4.69) is 21.1 Å². The van der Waals surface area contributed by atoms with Gasteiger partial charge in [0, 0.05) is 16.8 Å². The molecule has 1 aromatic carbocycles.